The number of nitrogens with zero attached hydrogens (tertiary/aromatic N) is 2. The van der Waals surface area contributed by atoms with Gasteiger partial charge < -0.3 is 4.74 Å². The van der Waals surface area contributed by atoms with Gasteiger partial charge in [-0.05, 0) is 69.8 Å². The number of hydrogen-bond acceptors (Lipinski definition) is 4. The number of hydrogen-bond donors (Lipinski definition) is 0. The molecule has 6 heteroatoms. The second-order valence-corrected chi connectivity index (χ2v) is 10.9. The van der Waals surface area contributed by atoms with Gasteiger partial charge >= 0.3 is 0 Å². The van der Waals surface area contributed by atoms with Crippen LogP contribution < -0.4 is 4.74 Å². The molecule has 0 aromatic heterocycles. The topological polar surface area (TPSA) is 59.0 Å². The number of benzene rings is 4. The number of rotatable bonds is 5. The molecule has 0 unspecified atom stereocenters. The van der Waals surface area contributed by atoms with Crippen molar-refractivity contribution < 1.29 is 14.3 Å². The molecule has 0 spiro atoms. The van der Waals surface area contributed by atoms with Crippen molar-refractivity contribution in [2.24, 2.45) is 16.9 Å². The Bertz CT molecular complexity index is 1480. The Morgan fingerprint density at radius 1 is 0.711 bits per heavy atom. The number of carbonyl (C=O) groups is 2. The van der Waals surface area contributed by atoms with Crippen molar-refractivity contribution in [3.63, 3.8) is 0 Å². The Labute approximate surface area is 228 Å². The van der Waals surface area contributed by atoms with Gasteiger partial charge in [0.2, 0.25) is 0 Å². The van der Waals surface area contributed by atoms with Crippen LogP contribution in [0.3, 0.4) is 0 Å². The van der Waals surface area contributed by atoms with E-state index in [4.69, 9.17) is 4.74 Å². The third kappa shape index (κ3) is 3.63. The zero-order chi connectivity index (χ0) is 25.8. The van der Waals surface area contributed by atoms with E-state index >= 15 is 0 Å². The van der Waals surface area contributed by atoms with Gasteiger partial charge in [-0.25, -0.2) is 0 Å². The lowest BCUT2D eigenvalue weighted by molar-refractivity contribution is -0.139. The molecule has 1 heterocycles. The lowest BCUT2D eigenvalue weighted by atomic mass is 9.55. The lowest BCUT2D eigenvalue weighted by Crippen LogP contribution is -2.41. The first-order valence-electron chi connectivity index (χ1n) is 12.7. The van der Waals surface area contributed by atoms with Gasteiger partial charge in [-0.1, -0.05) is 76.6 Å². The Hall–Kier alpha value is -4.03. The van der Waals surface area contributed by atoms with Crippen molar-refractivity contribution in [3.8, 4) is 5.75 Å². The number of ether oxygens (including phenoxy) is 1. The second-order valence-electron chi connectivity index (χ2n) is 9.98. The van der Waals surface area contributed by atoms with Gasteiger partial charge in [0.05, 0.1) is 18.1 Å². The highest BCUT2D eigenvalue weighted by atomic mass is 79.9. The van der Waals surface area contributed by atoms with Crippen molar-refractivity contribution in [2.75, 3.05) is 0 Å². The summed E-state index contributed by atoms with van der Waals surface area (Å²) >= 11 is 3.44. The van der Waals surface area contributed by atoms with Crippen LogP contribution in [0.4, 0.5) is 0 Å². The molecule has 2 atom stereocenters. The zero-order valence-corrected chi connectivity index (χ0v) is 21.9. The fourth-order valence-electron chi connectivity index (χ4n) is 6.30. The summed E-state index contributed by atoms with van der Waals surface area (Å²) in [6.45, 7) is 0.466. The summed E-state index contributed by atoms with van der Waals surface area (Å²) in [5.74, 6) is -0.814. The van der Waals surface area contributed by atoms with E-state index in [1.807, 2.05) is 72.8 Å². The predicted octanol–water partition coefficient (Wildman–Crippen LogP) is 6.25. The molecule has 2 amide bonds. The van der Waals surface area contributed by atoms with Crippen LogP contribution in [0.1, 0.15) is 45.2 Å². The van der Waals surface area contributed by atoms with E-state index in [9.17, 15) is 9.59 Å². The second kappa shape index (κ2) is 9.07. The number of amides is 2. The quantitative estimate of drug-likeness (QED) is 0.213. The zero-order valence-electron chi connectivity index (χ0n) is 20.3. The standard InChI is InChI=1S/C32H23BrN2O3/c33-21-13-9-20(10-14-21)18-38-22-15-11-19(12-16-22)17-34-35-31(36)29-27-23-5-1-2-6-24(23)28(30(29)32(35)37)26-8-4-3-7-25(26)27/h1-17,27-30H,18H2/b34-17-/t27?,28?,29-,30+. The van der Waals surface area contributed by atoms with E-state index < -0.39 is 11.8 Å². The maximum Gasteiger partial charge on any atom is 0.254 e. The highest BCUT2D eigenvalue weighted by Crippen LogP contribution is 2.60. The summed E-state index contributed by atoms with van der Waals surface area (Å²) in [4.78, 5) is 27.3. The molecule has 5 nitrogen and oxygen atoms in total. The van der Waals surface area contributed by atoms with E-state index in [1.54, 1.807) is 6.21 Å². The van der Waals surface area contributed by atoms with Gasteiger partial charge in [0.25, 0.3) is 11.8 Å². The van der Waals surface area contributed by atoms with Crippen molar-refractivity contribution in [1.82, 2.24) is 5.01 Å². The van der Waals surface area contributed by atoms with Gasteiger partial charge in [0.1, 0.15) is 12.4 Å². The van der Waals surface area contributed by atoms with E-state index in [-0.39, 0.29) is 23.7 Å². The first-order chi connectivity index (χ1) is 18.6. The fraction of sp³-hybridized carbons (Fsp3) is 0.156. The normalized spacial score (nSPS) is 22.9. The van der Waals surface area contributed by atoms with Crippen LogP contribution in [0.2, 0.25) is 0 Å². The molecular formula is C32H23BrN2O3. The third-order valence-corrected chi connectivity index (χ3v) is 8.48. The summed E-state index contributed by atoms with van der Waals surface area (Å²) in [5, 5.41) is 5.50. The first-order valence-corrected chi connectivity index (χ1v) is 13.5. The van der Waals surface area contributed by atoms with Crippen LogP contribution in [0.25, 0.3) is 0 Å². The van der Waals surface area contributed by atoms with Crippen molar-refractivity contribution in [3.05, 3.63) is 135 Å². The smallest absolute Gasteiger partial charge is 0.254 e. The van der Waals surface area contributed by atoms with E-state index in [2.05, 4.69) is 45.3 Å². The molecular weight excluding hydrogens is 540 g/mol. The Kier molecular flexibility index (Phi) is 5.51. The molecule has 0 saturated carbocycles. The van der Waals surface area contributed by atoms with Crippen LogP contribution in [0.5, 0.6) is 5.75 Å². The number of hydrazone groups is 1. The average Bonchev–Trinajstić information content (AvgIpc) is 3.21. The van der Waals surface area contributed by atoms with Gasteiger partial charge in [-0.2, -0.15) is 10.1 Å². The van der Waals surface area contributed by atoms with Gasteiger partial charge in [0, 0.05) is 16.3 Å². The van der Waals surface area contributed by atoms with E-state index in [0.29, 0.717) is 6.61 Å². The van der Waals surface area contributed by atoms with Crippen LogP contribution in [-0.4, -0.2) is 23.0 Å². The molecule has 4 aliphatic rings. The molecule has 186 valence electrons. The highest BCUT2D eigenvalue weighted by Gasteiger charge is 2.61. The van der Waals surface area contributed by atoms with Crippen LogP contribution in [-0.2, 0) is 16.2 Å². The van der Waals surface area contributed by atoms with Gasteiger partial charge in [-0.15, -0.1) is 0 Å². The molecule has 4 aromatic rings. The lowest BCUT2D eigenvalue weighted by Gasteiger charge is -2.45. The maximum absolute atomic E-state index is 13.6. The molecule has 3 aliphatic carbocycles. The number of imide groups is 1. The predicted molar refractivity (Wildman–Crippen MR) is 148 cm³/mol. The molecule has 1 aliphatic heterocycles. The Morgan fingerprint density at radius 2 is 1.21 bits per heavy atom. The minimum atomic E-state index is -0.427. The van der Waals surface area contributed by atoms with Crippen LogP contribution in [0, 0.1) is 11.8 Å². The third-order valence-electron chi connectivity index (χ3n) is 7.95. The van der Waals surface area contributed by atoms with Crippen LogP contribution in [0.15, 0.2) is 107 Å². The minimum Gasteiger partial charge on any atom is -0.489 e. The van der Waals surface area contributed by atoms with Crippen molar-refractivity contribution >= 4 is 34.0 Å². The summed E-state index contributed by atoms with van der Waals surface area (Å²) < 4.78 is 6.91. The summed E-state index contributed by atoms with van der Waals surface area (Å²) in [7, 11) is 0. The Balaban J connectivity index is 1.12. The van der Waals surface area contributed by atoms with Crippen molar-refractivity contribution in [1.29, 1.82) is 0 Å². The first kappa shape index (κ1) is 23.1. The van der Waals surface area contributed by atoms with E-state index in [1.165, 1.54) is 0 Å². The van der Waals surface area contributed by atoms with Crippen LogP contribution >= 0.6 is 15.9 Å². The van der Waals surface area contributed by atoms with Gasteiger partial charge in [0.15, 0.2) is 0 Å². The molecule has 1 saturated heterocycles. The summed E-state index contributed by atoms with van der Waals surface area (Å²) in [6.07, 6.45) is 1.58. The van der Waals surface area contributed by atoms with Crippen molar-refractivity contribution in [2.45, 2.75) is 18.4 Å². The highest BCUT2D eigenvalue weighted by molar-refractivity contribution is 9.10. The molecule has 0 N–H and O–H groups in total. The minimum absolute atomic E-state index is 0.129. The maximum atomic E-state index is 13.6. The fourth-order valence-corrected chi connectivity index (χ4v) is 6.56. The summed E-state index contributed by atoms with van der Waals surface area (Å²) in [6, 6.07) is 31.9. The molecule has 38 heavy (non-hydrogen) atoms. The molecule has 4 aromatic carbocycles. The van der Waals surface area contributed by atoms with Gasteiger partial charge in [-0.3, -0.25) is 9.59 Å². The molecule has 8 rings (SSSR count). The Morgan fingerprint density at radius 3 is 1.71 bits per heavy atom. The summed E-state index contributed by atoms with van der Waals surface area (Å²) in [5.41, 5.74) is 6.48. The largest absolute Gasteiger partial charge is 0.489 e. The molecule has 1 fully saturated rings. The molecule has 2 bridgehead atoms. The molecule has 0 radical (unpaired) electrons. The van der Waals surface area contributed by atoms with E-state index in [0.717, 1.165) is 48.6 Å². The number of carbonyl (C=O) groups excluding carboxylic acids is 2. The SMILES string of the molecule is O=C1[C@@H]2C3c4ccccc4C(c4ccccc43)[C@@H]2C(=O)N1/N=C\c1ccc(OCc2ccc(Br)cc2)cc1. The average molecular weight is 563 g/mol. The monoisotopic (exact) mass is 562 g/mol. The number of halogens is 1.